The Kier molecular flexibility index (Phi) is 2.75. The molecule has 0 aliphatic heterocycles. The summed E-state index contributed by atoms with van der Waals surface area (Å²) in [7, 11) is 0. The SMILES string of the molecule is N#Cc1ccc(-c2cc(-c3cncnc3)no2)cc1. The third-order valence-corrected chi connectivity index (χ3v) is 2.67. The van der Waals surface area contributed by atoms with Crippen LogP contribution in [0.25, 0.3) is 22.6 Å². The van der Waals surface area contributed by atoms with Crippen molar-refractivity contribution in [3.63, 3.8) is 0 Å². The van der Waals surface area contributed by atoms with E-state index >= 15 is 0 Å². The van der Waals surface area contributed by atoms with Gasteiger partial charge in [-0.25, -0.2) is 9.97 Å². The summed E-state index contributed by atoms with van der Waals surface area (Å²) in [5, 5.41) is 12.7. The molecule has 0 amide bonds. The fraction of sp³-hybridized carbons (Fsp3) is 0. The molecule has 90 valence electrons. The van der Waals surface area contributed by atoms with Crippen LogP contribution in [0.3, 0.4) is 0 Å². The third-order valence-electron chi connectivity index (χ3n) is 2.67. The molecule has 0 unspecified atom stereocenters. The van der Waals surface area contributed by atoms with E-state index in [0.29, 0.717) is 17.0 Å². The molecule has 19 heavy (non-hydrogen) atoms. The molecule has 2 aromatic heterocycles. The zero-order valence-corrected chi connectivity index (χ0v) is 9.82. The maximum Gasteiger partial charge on any atom is 0.167 e. The van der Waals surface area contributed by atoms with Gasteiger partial charge in [-0.15, -0.1) is 0 Å². The highest BCUT2D eigenvalue weighted by Gasteiger charge is 2.08. The molecule has 5 nitrogen and oxygen atoms in total. The maximum absolute atomic E-state index is 8.75. The largest absolute Gasteiger partial charge is 0.356 e. The van der Waals surface area contributed by atoms with Gasteiger partial charge in [-0.1, -0.05) is 5.16 Å². The molecule has 0 saturated heterocycles. The number of hydrogen-bond donors (Lipinski definition) is 0. The summed E-state index contributed by atoms with van der Waals surface area (Å²) in [5.41, 5.74) is 2.96. The molecule has 0 aliphatic rings. The van der Waals surface area contributed by atoms with Gasteiger partial charge in [0.15, 0.2) is 5.76 Å². The average molecular weight is 248 g/mol. The molecule has 1 aromatic carbocycles. The summed E-state index contributed by atoms with van der Waals surface area (Å²) in [6, 6.07) is 11.0. The summed E-state index contributed by atoms with van der Waals surface area (Å²) in [6.07, 6.45) is 4.81. The van der Waals surface area contributed by atoms with E-state index in [4.69, 9.17) is 9.78 Å². The predicted molar refractivity (Wildman–Crippen MR) is 67.7 cm³/mol. The van der Waals surface area contributed by atoms with Crippen molar-refractivity contribution in [2.45, 2.75) is 0 Å². The second kappa shape index (κ2) is 4.70. The van der Waals surface area contributed by atoms with E-state index in [9.17, 15) is 0 Å². The van der Waals surface area contributed by atoms with Crippen LogP contribution < -0.4 is 0 Å². The molecule has 3 aromatic rings. The topological polar surface area (TPSA) is 75.6 Å². The van der Waals surface area contributed by atoms with E-state index in [0.717, 1.165) is 11.1 Å². The normalized spacial score (nSPS) is 10.1. The Bertz CT molecular complexity index is 726. The summed E-state index contributed by atoms with van der Waals surface area (Å²) >= 11 is 0. The quantitative estimate of drug-likeness (QED) is 0.696. The molecule has 0 radical (unpaired) electrons. The van der Waals surface area contributed by atoms with Crippen LogP contribution in [0.4, 0.5) is 0 Å². The van der Waals surface area contributed by atoms with Crippen LogP contribution in [-0.4, -0.2) is 15.1 Å². The zero-order valence-electron chi connectivity index (χ0n) is 9.82. The third kappa shape index (κ3) is 2.19. The molecule has 2 heterocycles. The standard InChI is InChI=1S/C14H8N4O/c15-6-10-1-3-11(4-2-10)14-5-13(18-19-14)12-7-16-9-17-8-12/h1-5,7-9H. The Morgan fingerprint density at radius 2 is 1.74 bits per heavy atom. The minimum atomic E-state index is 0.611. The van der Waals surface area contributed by atoms with Crippen LogP contribution in [0.1, 0.15) is 5.56 Å². The Hall–Kier alpha value is -3.00. The van der Waals surface area contributed by atoms with Crippen LogP contribution in [0.5, 0.6) is 0 Å². The minimum Gasteiger partial charge on any atom is -0.356 e. The second-order valence-electron chi connectivity index (χ2n) is 3.89. The van der Waals surface area contributed by atoms with Gasteiger partial charge in [0.25, 0.3) is 0 Å². The second-order valence-corrected chi connectivity index (χ2v) is 3.89. The van der Waals surface area contributed by atoms with E-state index in [-0.39, 0.29) is 0 Å². The van der Waals surface area contributed by atoms with Crippen molar-refractivity contribution in [3.8, 4) is 28.7 Å². The lowest BCUT2D eigenvalue weighted by atomic mass is 10.1. The van der Waals surface area contributed by atoms with Crippen molar-refractivity contribution in [3.05, 3.63) is 54.6 Å². The molecular weight excluding hydrogens is 240 g/mol. The first-order valence-corrected chi connectivity index (χ1v) is 5.59. The summed E-state index contributed by atoms with van der Waals surface area (Å²) in [6.45, 7) is 0. The van der Waals surface area contributed by atoms with Gasteiger partial charge < -0.3 is 4.52 Å². The highest BCUT2D eigenvalue weighted by atomic mass is 16.5. The monoisotopic (exact) mass is 248 g/mol. The molecule has 0 N–H and O–H groups in total. The van der Waals surface area contributed by atoms with Crippen LogP contribution in [0, 0.1) is 11.3 Å². The first-order valence-electron chi connectivity index (χ1n) is 5.59. The molecule has 5 heteroatoms. The van der Waals surface area contributed by atoms with Crippen molar-refractivity contribution in [1.82, 2.24) is 15.1 Å². The highest BCUT2D eigenvalue weighted by Crippen LogP contribution is 2.25. The fourth-order valence-electron chi connectivity index (χ4n) is 1.69. The number of rotatable bonds is 2. The molecule has 0 aliphatic carbocycles. The van der Waals surface area contributed by atoms with E-state index in [1.54, 1.807) is 24.5 Å². The van der Waals surface area contributed by atoms with Crippen molar-refractivity contribution in [1.29, 1.82) is 5.26 Å². The molecule has 0 spiro atoms. The Labute approximate surface area is 109 Å². The number of hydrogen-bond acceptors (Lipinski definition) is 5. The van der Waals surface area contributed by atoms with Gasteiger partial charge in [0, 0.05) is 29.6 Å². The van der Waals surface area contributed by atoms with Crippen LogP contribution in [0.15, 0.2) is 53.6 Å². The lowest BCUT2D eigenvalue weighted by Gasteiger charge is -1.94. The number of nitriles is 1. The van der Waals surface area contributed by atoms with Gasteiger partial charge in [-0.2, -0.15) is 5.26 Å². The molecule has 0 bridgehead atoms. The van der Waals surface area contributed by atoms with E-state index in [1.165, 1.54) is 6.33 Å². The molecule has 0 fully saturated rings. The lowest BCUT2D eigenvalue weighted by Crippen LogP contribution is -1.80. The fourth-order valence-corrected chi connectivity index (χ4v) is 1.69. The Morgan fingerprint density at radius 3 is 2.42 bits per heavy atom. The van der Waals surface area contributed by atoms with Gasteiger partial charge >= 0.3 is 0 Å². The summed E-state index contributed by atoms with van der Waals surface area (Å²) < 4.78 is 5.29. The van der Waals surface area contributed by atoms with Crippen LogP contribution in [-0.2, 0) is 0 Å². The highest BCUT2D eigenvalue weighted by molar-refractivity contribution is 5.66. The Balaban J connectivity index is 1.95. The van der Waals surface area contributed by atoms with E-state index < -0.39 is 0 Å². The molecule has 3 rings (SSSR count). The van der Waals surface area contributed by atoms with Crippen molar-refractivity contribution >= 4 is 0 Å². The van der Waals surface area contributed by atoms with Gasteiger partial charge in [-0.3, -0.25) is 0 Å². The van der Waals surface area contributed by atoms with Crippen molar-refractivity contribution < 1.29 is 4.52 Å². The number of aromatic nitrogens is 3. The van der Waals surface area contributed by atoms with E-state index in [2.05, 4.69) is 21.2 Å². The molecule has 0 saturated carbocycles. The minimum absolute atomic E-state index is 0.611. The first-order chi connectivity index (χ1) is 9.36. The molecule has 0 atom stereocenters. The van der Waals surface area contributed by atoms with Crippen LogP contribution >= 0.6 is 0 Å². The zero-order chi connectivity index (χ0) is 13.1. The maximum atomic E-state index is 8.75. The number of nitrogens with zero attached hydrogens (tertiary/aromatic N) is 4. The number of benzene rings is 1. The summed E-state index contributed by atoms with van der Waals surface area (Å²) in [4.78, 5) is 7.87. The first kappa shape index (κ1) is 11.1. The Morgan fingerprint density at radius 1 is 1.00 bits per heavy atom. The van der Waals surface area contributed by atoms with Gasteiger partial charge in [0.2, 0.25) is 0 Å². The average Bonchev–Trinajstić information content (AvgIpc) is 2.98. The van der Waals surface area contributed by atoms with Gasteiger partial charge in [0.1, 0.15) is 12.0 Å². The van der Waals surface area contributed by atoms with Crippen molar-refractivity contribution in [2.24, 2.45) is 0 Å². The summed E-state index contributed by atoms with van der Waals surface area (Å²) in [5.74, 6) is 0.642. The lowest BCUT2D eigenvalue weighted by molar-refractivity contribution is 0.435. The smallest absolute Gasteiger partial charge is 0.167 e. The predicted octanol–water partition coefficient (Wildman–Crippen LogP) is 2.67. The van der Waals surface area contributed by atoms with E-state index in [1.807, 2.05) is 18.2 Å². The van der Waals surface area contributed by atoms with Gasteiger partial charge in [-0.05, 0) is 24.3 Å². The van der Waals surface area contributed by atoms with Gasteiger partial charge in [0.05, 0.1) is 11.6 Å². The van der Waals surface area contributed by atoms with Crippen molar-refractivity contribution in [2.75, 3.05) is 0 Å². The van der Waals surface area contributed by atoms with Crippen LogP contribution in [0.2, 0.25) is 0 Å². The molecular formula is C14H8N4O.